The van der Waals surface area contributed by atoms with Gasteiger partial charge in [0.15, 0.2) is 5.78 Å². The molecule has 2 amide bonds. The number of carbonyl (C=O) groups is 4. The largest absolute Gasteiger partial charge is 0.481 e. The predicted octanol–water partition coefficient (Wildman–Crippen LogP) is 1.95. The number of nitrogens with zero attached hydrogens (tertiary/aromatic N) is 1. The van der Waals surface area contributed by atoms with Gasteiger partial charge in [-0.3, -0.25) is 19.2 Å². The Bertz CT molecular complexity index is 1140. The van der Waals surface area contributed by atoms with Gasteiger partial charge in [0.1, 0.15) is 11.6 Å². The number of Topliss-reactive ketones (excluding diaryl/α,β-unsaturated/α-hetero) is 1. The van der Waals surface area contributed by atoms with Crippen LogP contribution in [0.5, 0.6) is 0 Å². The molecule has 2 atom stereocenters. The Labute approximate surface area is 178 Å². The lowest BCUT2D eigenvalue weighted by Gasteiger charge is -2.18. The van der Waals surface area contributed by atoms with Crippen molar-refractivity contribution in [2.75, 3.05) is 0 Å². The highest BCUT2D eigenvalue weighted by Gasteiger charge is 2.32. The van der Waals surface area contributed by atoms with Crippen molar-refractivity contribution < 1.29 is 24.3 Å². The zero-order chi connectivity index (χ0) is 22.5. The molecule has 0 aliphatic rings. The molecular formula is C23H23N3O5. The summed E-state index contributed by atoms with van der Waals surface area (Å²) in [5, 5.41) is 12.4. The number of benzene rings is 2. The van der Waals surface area contributed by atoms with Gasteiger partial charge in [-0.05, 0) is 24.6 Å². The highest BCUT2D eigenvalue weighted by atomic mass is 16.4. The molecule has 8 heteroatoms. The number of nitrogens with one attached hydrogen (secondary N) is 1. The summed E-state index contributed by atoms with van der Waals surface area (Å²) in [5.74, 6) is -5.12. The summed E-state index contributed by atoms with van der Waals surface area (Å²) in [6.45, 7) is 1.85. The zero-order valence-corrected chi connectivity index (χ0v) is 16.9. The van der Waals surface area contributed by atoms with Crippen molar-refractivity contribution in [1.82, 2.24) is 9.88 Å². The third kappa shape index (κ3) is 4.98. The maximum Gasteiger partial charge on any atom is 0.304 e. The molecule has 0 aliphatic heterocycles. The number of ketones is 1. The van der Waals surface area contributed by atoms with Crippen molar-refractivity contribution in [3.8, 4) is 0 Å². The van der Waals surface area contributed by atoms with Crippen LogP contribution in [0.2, 0.25) is 0 Å². The van der Waals surface area contributed by atoms with E-state index < -0.39 is 41.9 Å². The lowest BCUT2D eigenvalue weighted by atomic mass is 9.95. The lowest BCUT2D eigenvalue weighted by molar-refractivity contribution is -0.144. The molecule has 0 spiro atoms. The number of carboxylic acid groups (broad SMARTS) is 1. The molecule has 0 fully saturated rings. The van der Waals surface area contributed by atoms with Crippen LogP contribution in [0, 0.1) is 5.92 Å². The van der Waals surface area contributed by atoms with Crippen LogP contribution in [0.4, 0.5) is 0 Å². The van der Waals surface area contributed by atoms with Crippen LogP contribution in [-0.4, -0.2) is 39.3 Å². The van der Waals surface area contributed by atoms with Gasteiger partial charge < -0.3 is 20.7 Å². The summed E-state index contributed by atoms with van der Waals surface area (Å²) in [6, 6.07) is 17.8. The van der Waals surface area contributed by atoms with Gasteiger partial charge in [0.05, 0.1) is 12.5 Å². The maximum absolute atomic E-state index is 13.0. The molecule has 31 heavy (non-hydrogen) atoms. The van der Waals surface area contributed by atoms with Gasteiger partial charge in [-0.2, -0.15) is 0 Å². The fourth-order valence-electron chi connectivity index (χ4n) is 3.49. The fourth-order valence-corrected chi connectivity index (χ4v) is 3.49. The van der Waals surface area contributed by atoms with E-state index in [1.807, 2.05) is 59.2 Å². The van der Waals surface area contributed by atoms with Crippen LogP contribution >= 0.6 is 0 Å². The molecule has 3 aromatic rings. The fraction of sp³-hybridized carbons (Fsp3) is 0.217. The van der Waals surface area contributed by atoms with E-state index in [-0.39, 0.29) is 0 Å². The number of carbonyl (C=O) groups excluding carboxylic acids is 3. The molecule has 0 saturated heterocycles. The molecule has 0 unspecified atom stereocenters. The minimum absolute atomic E-state index is 0.346. The SMILES string of the molecule is C[C@H](NC(=O)c1cc2ccccc2n1Cc1ccccc1)C(=O)[C@H](CC(=O)O)C(N)=O. The Kier molecular flexibility index (Phi) is 6.49. The number of amides is 2. The van der Waals surface area contributed by atoms with Crippen molar-refractivity contribution in [3.63, 3.8) is 0 Å². The standard InChI is InChI=1S/C23H23N3O5/c1-14(21(29)17(22(24)30)12-20(27)28)25-23(31)19-11-16-9-5-6-10-18(16)26(19)13-15-7-3-2-4-8-15/h2-11,14,17H,12-13H2,1H3,(H2,24,30)(H,25,31)(H,27,28)/t14-,17-/m0/s1. The Morgan fingerprint density at radius 2 is 1.68 bits per heavy atom. The van der Waals surface area contributed by atoms with Gasteiger partial charge in [0.25, 0.3) is 5.91 Å². The summed E-state index contributed by atoms with van der Waals surface area (Å²) in [5.41, 5.74) is 7.39. The number of nitrogens with two attached hydrogens (primary N) is 1. The normalized spacial score (nSPS) is 12.8. The number of rotatable bonds is 9. The van der Waals surface area contributed by atoms with Crippen molar-refractivity contribution in [2.45, 2.75) is 25.9 Å². The number of aromatic nitrogens is 1. The summed E-state index contributed by atoms with van der Waals surface area (Å²) in [4.78, 5) is 48.1. The Balaban J connectivity index is 1.88. The second-order valence-corrected chi connectivity index (χ2v) is 7.31. The summed E-state index contributed by atoms with van der Waals surface area (Å²) >= 11 is 0. The van der Waals surface area contributed by atoms with E-state index in [1.165, 1.54) is 6.92 Å². The van der Waals surface area contributed by atoms with Gasteiger partial charge >= 0.3 is 5.97 Å². The summed E-state index contributed by atoms with van der Waals surface area (Å²) < 4.78 is 1.85. The third-order valence-corrected chi connectivity index (χ3v) is 5.07. The molecule has 4 N–H and O–H groups in total. The number of para-hydroxylation sites is 1. The van der Waals surface area contributed by atoms with E-state index in [0.29, 0.717) is 12.2 Å². The number of hydrogen-bond donors (Lipinski definition) is 3. The van der Waals surface area contributed by atoms with Crippen molar-refractivity contribution in [2.24, 2.45) is 11.7 Å². The first kappa shape index (κ1) is 21.8. The molecule has 8 nitrogen and oxygen atoms in total. The minimum Gasteiger partial charge on any atom is -0.481 e. The highest BCUT2D eigenvalue weighted by Crippen LogP contribution is 2.22. The van der Waals surface area contributed by atoms with E-state index in [4.69, 9.17) is 10.8 Å². The lowest BCUT2D eigenvalue weighted by Crippen LogP contribution is -2.46. The van der Waals surface area contributed by atoms with Gasteiger partial charge in [-0.25, -0.2) is 0 Å². The molecule has 1 heterocycles. The van der Waals surface area contributed by atoms with E-state index in [1.54, 1.807) is 6.07 Å². The molecule has 0 aliphatic carbocycles. The number of hydrogen-bond acceptors (Lipinski definition) is 4. The smallest absolute Gasteiger partial charge is 0.304 e. The molecule has 0 saturated carbocycles. The van der Waals surface area contributed by atoms with Crippen LogP contribution in [0.1, 0.15) is 29.4 Å². The topological polar surface area (TPSA) is 131 Å². The zero-order valence-electron chi connectivity index (χ0n) is 16.9. The quantitative estimate of drug-likeness (QED) is 0.455. The van der Waals surface area contributed by atoms with Crippen LogP contribution < -0.4 is 11.1 Å². The second kappa shape index (κ2) is 9.25. The molecule has 0 radical (unpaired) electrons. The molecule has 160 valence electrons. The highest BCUT2D eigenvalue weighted by molar-refractivity contribution is 6.07. The van der Waals surface area contributed by atoms with E-state index >= 15 is 0 Å². The average Bonchev–Trinajstić information content (AvgIpc) is 3.10. The third-order valence-electron chi connectivity index (χ3n) is 5.07. The number of aliphatic carboxylic acids is 1. The molecular weight excluding hydrogens is 398 g/mol. The Morgan fingerprint density at radius 3 is 2.32 bits per heavy atom. The van der Waals surface area contributed by atoms with Crippen LogP contribution in [-0.2, 0) is 20.9 Å². The average molecular weight is 421 g/mol. The minimum atomic E-state index is -1.51. The first-order chi connectivity index (χ1) is 14.8. The molecule has 1 aromatic heterocycles. The van der Waals surface area contributed by atoms with E-state index in [0.717, 1.165) is 16.5 Å². The second-order valence-electron chi connectivity index (χ2n) is 7.31. The molecule has 3 rings (SSSR count). The van der Waals surface area contributed by atoms with E-state index in [2.05, 4.69) is 5.32 Å². The Hall–Kier alpha value is -3.94. The van der Waals surface area contributed by atoms with Crippen molar-refractivity contribution in [3.05, 3.63) is 71.9 Å². The van der Waals surface area contributed by atoms with Crippen LogP contribution in [0.15, 0.2) is 60.7 Å². The molecule has 2 aromatic carbocycles. The Morgan fingerprint density at radius 1 is 1.03 bits per heavy atom. The van der Waals surface area contributed by atoms with Gasteiger partial charge in [0.2, 0.25) is 5.91 Å². The number of primary amides is 1. The maximum atomic E-state index is 13.0. The number of carboxylic acids is 1. The van der Waals surface area contributed by atoms with Gasteiger partial charge in [-0.15, -0.1) is 0 Å². The van der Waals surface area contributed by atoms with Crippen molar-refractivity contribution >= 4 is 34.5 Å². The number of fused-ring (bicyclic) bond motifs is 1. The summed E-state index contributed by atoms with van der Waals surface area (Å²) in [6.07, 6.45) is -0.720. The first-order valence-electron chi connectivity index (χ1n) is 9.76. The monoisotopic (exact) mass is 421 g/mol. The summed E-state index contributed by atoms with van der Waals surface area (Å²) in [7, 11) is 0. The van der Waals surface area contributed by atoms with Crippen LogP contribution in [0.25, 0.3) is 10.9 Å². The first-order valence-corrected chi connectivity index (χ1v) is 9.76. The predicted molar refractivity (Wildman–Crippen MR) is 114 cm³/mol. The van der Waals surface area contributed by atoms with Gasteiger partial charge in [0, 0.05) is 17.4 Å². The van der Waals surface area contributed by atoms with Crippen LogP contribution in [0.3, 0.4) is 0 Å². The van der Waals surface area contributed by atoms with Crippen molar-refractivity contribution in [1.29, 1.82) is 0 Å². The van der Waals surface area contributed by atoms with E-state index in [9.17, 15) is 19.2 Å². The molecule has 0 bridgehead atoms. The van der Waals surface area contributed by atoms with Gasteiger partial charge in [-0.1, -0.05) is 48.5 Å².